The van der Waals surface area contributed by atoms with E-state index in [0.29, 0.717) is 12.3 Å². The number of hydrogen-bond donors (Lipinski definition) is 2. The summed E-state index contributed by atoms with van der Waals surface area (Å²) in [6.45, 7) is 3.44. The van der Waals surface area contributed by atoms with Crippen molar-refractivity contribution in [3.8, 4) is 0 Å². The number of urea groups is 1. The Labute approximate surface area is 183 Å². The first-order valence-corrected chi connectivity index (χ1v) is 10.5. The molecule has 1 aliphatic heterocycles. The fourth-order valence-electron chi connectivity index (χ4n) is 4.14. The number of nitrogens with one attached hydrogen (secondary N) is 1. The molecule has 2 aliphatic rings. The summed E-state index contributed by atoms with van der Waals surface area (Å²) < 4.78 is 5.15. The predicted molar refractivity (Wildman–Crippen MR) is 112 cm³/mol. The topological polar surface area (TPSA) is 116 Å². The van der Waals surface area contributed by atoms with Crippen LogP contribution in [0.4, 0.5) is 4.79 Å². The summed E-state index contributed by atoms with van der Waals surface area (Å²) >= 11 is 0. The molecule has 10 heteroatoms. The molecule has 1 heterocycles. The van der Waals surface area contributed by atoms with Gasteiger partial charge in [-0.25, -0.2) is 14.5 Å². The highest BCUT2D eigenvalue weighted by molar-refractivity contribution is 6.02. The van der Waals surface area contributed by atoms with Crippen molar-refractivity contribution < 1.29 is 29.0 Å². The molecule has 0 aromatic rings. The fourth-order valence-corrected chi connectivity index (χ4v) is 4.14. The Bertz CT molecular complexity index is 626. The molecule has 0 aromatic carbocycles. The van der Waals surface area contributed by atoms with Crippen molar-refractivity contribution in [2.45, 2.75) is 76.9 Å². The molecule has 0 radical (unpaired) electrons. The van der Waals surface area contributed by atoms with Gasteiger partial charge in [0.2, 0.25) is 5.91 Å². The summed E-state index contributed by atoms with van der Waals surface area (Å²) in [6, 6.07) is -3.44. The van der Waals surface area contributed by atoms with Crippen molar-refractivity contribution in [3.05, 3.63) is 0 Å². The fraction of sp³-hybridized carbons (Fsp3) is 0.800. The summed E-state index contributed by atoms with van der Waals surface area (Å²) in [5.41, 5.74) is 0. The maximum Gasteiger partial charge on any atom is 0.328 e. The Morgan fingerprint density at radius 1 is 1.23 bits per heavy atom. The Morgan fingerprint density at radius 2 is 1.87 bits per heavy atom. The number of carboxylic acids is 1. The summed E-state index contributed by atoms with van der Waals surface area (Å²) in [7, 11) is 1.45. The van der Waals surface area contributed by atoms with Crippen LogP contribution in [0.15, 0.2) is 0 Å². The first-order chi connectivity index (χ1) is 13.8. The van der Waals surface area contributed by atoms with Gasteiger partial charge in [-0.2, -0.15) is 0 Å². The number of hydrogen-bond acceptors (Lipinski definition) is 6. The predicted octanol–water partition coefficient (Wildman–Crippen LogP) is 2.03. The second-order valence-electron chi connectivity index (χ2n) is 8.00. The lowest BCUT2D eigenvalue weighted by Gasteiger charge is -2.27. The zero-order valence-electron chi connectivity index (χ0n) is 18.0. The summed E-state index contributed by atoms with van der Waals surface area (Å²) in [4.78, 5) is 50.9. The van der Waals surface area contributed by atoms with E-state index in [0.717, 1.165) is 24.2 Å². The van der Waals surface area contributed by atoms with Crippen LogP contribution in [0.3, 0.4) is 0 Å². The normalized spacial score (nSPS) is 21.7. The van der Waals surface area contributed by atoms with Gasteiger partial charge in [-0.1, -0.05) is 32.1 Å². The number of carbonyl (C=O) groups is 4. The molecule has 1 aliphatic carbocycles. The molecular weight excluding hydrogens is 414 g/mol. The summed E-state index contributed by atoms with van der Waals surface area (Å²) in [5.74, 6) is -1.75. The molecule has 0 aromatic heterocycles. The molecule has 1 saturated carbocycles. The van der Waals surface area contributed by atoms with Crippen LogP contribution >= 0.6 is 12.4 Å². The number of imide groups is 1. The second-order valence-corrected chi connectivity index (χ2v) is 8.00. The molecule has 3 amide bonds. The lowest BCUT2D eigenvalue weighted by atomic mass is 9.85. The van der Waals surface area contributed by atoms with Crippen LogP contribution in [0.2, 0.25) is 0 Å². The minimum absolute atomic E-state index is 0. The first-order valence-electron chi connectivity index (χ1n) is 10.5. The summed E-state index contributed by atoms with van der Waals surface area (Å²) in [5, 5.41) is 12.3. The third-order valence-electron chi connectivity index (χ3n) is 5.79. The highest BCUT2D eigenvalue weighted by Gasteiger charge is 2.45. The van der Waals surface area contributed by atoms with E-state index in [4.69, 9.17) is 4.74 Å². The lowest BCUT2D eigenvalue weighted by Crippen LogP contribution is -2.54. The van der Waals surface area contributed by atoms with Crippen LogP contribution in [0.1, 0.15) is 58.8 Å². The number of likely N-dealkylation sites (N-methyl/N-ethyl adjacent to an activating group) is 1. The molecule has 3 atom stereocenters. The molecule has 9 nitrogen and oxygen atoms in total. The number of esters is 1. The largest absolute Gasteiger partial charge is 0.480 e. The molecule has 2 unspecified atom stereocenters. The van der Waals surface area contributed by atoms with Gasteiger partial charge in [0.1, 0.15) is 6.04 Å². The summed E-state index contributed by atoms with van der Waals surface area (Å²) in [6.07, 6.45) is 7.37. The third kappa shape index (κ3) is 6.57. The standard InChI is InChI=1S/C20H33N3O6.ClH/c1-4-29-19(27)15(11-10-14-8-6-5-7-9-14)21-13(2)17(24)23-16(18(25)26)12-22(3)20(23)28;/h13-16,21H,4-12H2,1-3H3,(H,25,26);1H/t13?,15?,16-;/m0./s1. The van der Waals surface area contributed by atoms with E-state index in [1.54, 1.807) is 13.8 Å². The number of ether oxygens (including phenoxy) is 1. The van der Waals surface area contributed by atoms with Gasteiger partial charge in [0.05, 0.1) is 19.2 Å². The molecule has 0 bridgehead atoms. The van der Waals surface area contributed by atoms with E-state index in [-0.39, 0.29) is 25.6 Å². The van der Waals surface area contributed by atoms with Crippen LogP contribution in [-0.4, -0.2) is 77.1 Å². The zero-order chi connectivity index (χ0) is 21.6. The molecule has 0 spiro atoms. The molecule has 172 valence electrons. The van der Waals surface area contributed by atoms with Crippen molar-refractivity contribution in [2.75, 3.05) is 20.2 Å². The number of halogens is 1. The molecule has 2 N–H and O–H groups in total. The van der Waals surface area contributed by atoms with Crippen molar-refractivity contribution in [3.63, 3.8) is 0 Å². The van der Waals surface area contributed by atoms with Gasteiger partial charge >= 0.3 is 18.0 Å². The van der Waals surface area contributed by atoms with Crippen molar-refractivity contribution in [2.24, 2.45) is 5.92 Å². The first kappa shape index (κ1) is 26.2. The highest BCUT2D eigenvalue weighted by atomic mass is 35.5. The average Bonchev–Trinajstić information content (AvgIpc) is 3.00. The van der Waals surface area contributed by atoms with Gasteiger partial charge in [0.15, 0.2) is 6.04 Å². The van der Waals surface area contributed by atoms with E-state index in [1.165, 1.54) is 31.2 Å². The Morgan fingerprint density at radius 3 is 2.43 bits per heavy atom. The Kier molecular flexibility index (Phi) is 10.6. The zero-order valence-corrected chi connectivity index (χ0v) is 18.8. The SMILES string of the molecule is CCOC(=O)C(CCC1CCCCC1)NC(C)C(=O)N1C(=O)N(C)C[C@H]1C(=O)O.Cl. The minimum Gasteiger partial charge on any atom is -0.480 e. The quantitative estimate of drug-likeness (QED) is 0.519. The second kappa shape index (κ2) is 12.1. The van der Waals surface area contributed by atoms with Crippen molar-refractivity contribution >= 4 is 36.3 Å². The number of rotatable bonds is 9. The van der Waals surface area contributed by atoms with Gasteiger partial charge < -0.3 is 14.7 Å². The maximum atomic E-state index is 12.8. The van der Waals surface area contributed by atoms with Crippen LogP contribution in [0, 0.1) is 5.92 Å². The van der Waals surface area contributed by atoms with Crippen LogP contribution in [0.5, 0.6) is 0 Å². The number of nitrogens with zero attached hydrogens (tertiary/aromatic N) is 2. The molecule has 2 fully saturated rings. The van der Waals surface area contributed by atoms with E-state index < -0.39 is 42.0 Å². The van der Waals surface area contributed by atoms with E-state index in [2.05, 4.69) is 5.32 Å². The van der Waals surface area contributed by atoms with E-state index in [9.17, 15) is 24.3 Å². The highest BCUT2D eigenvalue weighted by Crippen LogP contribution is 2.28. The molecule has 30 heavy (non-hydrogen) atoms. The van der Waals surface area contributed by atoms with Gasteiger partial charge in [-0.3, -0.25) is 14.9 Å². The average molecular weight is 448 g/mol. The number of aliphatic carboxylic acids is 1. The van der Waals surface area contributed by atoms with E-state index in [1.807, 2.05) is 0 Å². The Hall–Kier alpha value is -1.87. The smallest absolute Gasteiger partial charge is 0.328 e. The van der Waals surface area contributed by atoms with Gasteiger partial charge in [-0.15, -0.1) is 12.4 Å². The maximum absolute atomic E-state index is 12.8. The molecular formula is C20H34ClN3O6. The van der Waals surface area contributed by atoms with E-state index >= 15 is 0 Å². The lowest BCUT2D eigenvalue weighted by molar-refractivity contribution is -0.148. The van der Waals surface area contributed by atoms with Gasteiger partial charge in [0, 0.05) is 7.05 Å². The third-order valence-corrected chi connectivity index (χ3v) is 5.79. The van der Waals surface area contributed by atoms with Crippen molar-refractivity contribution in [1.82, 2.24) is 15.1 Å². The molecule has 1 saturated heterocycles. The number of carboxylic acid groups (broad SMARTS) is 1. The monoisotopic (exact) mass is 447 g/mol. The van der Waals surface area contributed by atoms with Gasteiger partial charge in [-0.05, 0) is 32.6 Å². The van der Waals surface area contributed by atoms with Crippen LogP contribution in [0.25, 0.3) is 0 Å². The Balaban J connectivity index is 0.00000450. The van der Waals surface area contributed by atoms with Crippen LogP contribution in [-0.2, 0) is 19.1 Å². The molecule has 2 rings (SSSR count). The minimum atomic E-state index is -1.23. The number of amides is 3. The van der Waals surface area contributed by atoms with Crippen molar-refractivity contribution in [1.29, 1.82) is 0 Å². The van der Waals surface area contributed by atoms with Crippen LogP contribution < -0.4 is 5.32 Å². The van der Waals surface area contributed by atoms with Gasteiger partial charge in [0.25, 0.3) is 0 Å². The number of carbonyl (C=O) groups excluding carboxylic acids is 3.